The van der Waals surface area contributed by atoms with E-state index in [2.05, 4.69) is 21.3 Å². The normalized spacial score (nSPS) is 10.0. The van der Waals surface area contributed by atoms with Gasteiger partial charge in [0.2, 0.25) is 23.6 Å². The molecule has 0 spiro atoms. The van der Waals surface area contributed by atoms with Gasteiger partial charge in [-0.1, -0.05) is 0 Å². The summed E-state index contributed by atoms with van der Waals surface area (Å²) in [6.07, 6.45) is 0. The fourth-order valence-corrected chi connectivity index (χ4v) is 2.64. The lowest BCUT2D eigenvalue weighted by molar-refractivity contribution is -0.124. The van der Waals surface area contributed by atoms with Gasteiger partial charge in [0.05, 0.1) is 37.8 Å². The van der Waals surface area contributed by atoms with Gasteiger partial charge in [0.1, 0.15) is 0 Å². The van der Waals surface area contributed by atoms with Crippen molar-refractivity contribution in [2.75, 3.05) is 63.4 Å². The van der Waals surface area contributed by atoms with Crippen LogP contribution in [0.25, 0.3) is 0 Å². The Balaban J connectivity index is 3.36. The number of likely N-dealkylation sites (N-methyl/N-ethyl adjacent to an activating group) is 2. The van der Waals surface area contributed by atoms with Gasteiger partial charge in [-0.15, -0.1) is 23.5 Å². The molecule has 0 aliphatic heterocycles. The zero-order valence-electron chi connectivity index (χ0n) is 14.5. The number of carbonyl (C=O) groups excluding carboxylic acids is 4. The number of carbonyl (C=O) groups is 4. The number of nitrogens with one attached hydrogen (secondary N) is 4. The lowest BCUT2D eigenvalue weighted by Gasteiger charge is -2.06. The van der Waals surface area contributed by atoms with E-state index in [1.54, 1.807) is 0 Å². The number of amides is 4. The van der Waals surface area contributed by atoms with Gasteiger partial charge in [0.25, 0.3) is 0 Å². The monoisotopic (exact) mass is 394 g/mol. The fourth-order valence-electron chi connectivity index (χ4n) is 1.30. The first-order valence-electron chi connectivity index (χ1n) is 7.67. The van der Waals surface area contributed by atoms with Crippen LogP contribution in [0.1, 0.15) is 0 Å². The SMILES string of the molecule is CNC(=O)CNC(=O)CSCCOCCSCC(=O)NCC(=O)NC. The molecule has 0 radical (unpaired) electrons. The van der Waals surface area contributed by atoms with Crippen LogP contribution in [-0.4, -0.2) is 87.0 Å². The molecule has 0 heterocycles. The maximum atomic E-state index is 11.4. The Kier molecular flexibility index (Phi) is 15.1. The van der Waals surface area contributed by atoms with Gasteiger partial charge < -0.3 is 26.0 Å². The summed E-state index contributed by atoms with van der Waals surface area (Å²) in [4.78, 5) is 44.7. The second-order valence-corrected chi connectivity index (χ2v) is 6.83. The Labute approximate surface area is 156 Å². The fraction of sp³-hybridized carbons (Fsp3) is 0.714. The highest BCUT2D eigenvalue weighted by Crippen LogP contribution is 2.01. The third-order valence-corrected chi connectivity index (χ3v) is 4.50. The van der Waals surface area contributed by atoms with Crippen LogP contribution in [0, 0.1) is 0 Å². The number of thioether (sulfide) groups is 2. The van der Waals surface area contributed by atoms with Gasteiger partial charge in [0.15, 0.2) is 0 Å². The van der Waals surface area contributed by atoms with Crippen LogP contribution < -0.4 is 21.3 Å². The maximum absolute atomic E-state index is 11.4. The van der Waals surface area contributed by atoms with E-state index in [1.807, 2.05) is 0 Å². The lowest BCUT2D eigenvalue weighted by Crippen LogP contribution is -2.36. The van der Waals surface area contributed by atoms with Gasteiger partial charge in [-0.05, 0) is 0 Å². The molecular weight excluding hydrogens is 368 g/mol. The third-order valence-electron chi connectivity index (χ3n) is 2.66. The highest BCUT2D eigenvalue weighted by Gasteiger charge is 2.05. The molecule has 0 aromatic rings. The van der Waals surface area contributed by atoms with Crippen molar-refractivity contribution in [2.24, 2.45) is 0 Å². The zero-order chi connectivity index (χ0) is 18.9. The van der Waals surface area contributed by atoms with Crippen molar-refractivity contribution in [3.63, 3.8) is 0 Å². The van der Waals surface area contributed by atoms with Gasteiger partial charge in [-0.3, -0.25) is 19.2 Å². The van der Waals surface area contributed by atoms with E-state index in [4.69, 9.17) is 4.74 Å². The second-order valence-electron chi connectivity index (χ2n) is 4.62. The average Bonchev–Trinajstić information content (AvgIpc) is 2.62. The van der Waals surface area contributed by atoms with E-state index in [0.29, 0.717) is 24.7 Å². The molecule has 4 N–H and O–H groups in total. The van der Waals surface area contributed by atoms with Crippen LogP contribution in [0.3, 0.4) is 0 Å². The Hall–Kier alpha value is -1.46. The van der Waals surface area contributed by atoms with Crippen LogP contribution in [-0.2, 0) is 23.9 Å². The molecule has 9 nitrogen and oxygen atoms in total. The molecule has 0 aliphatic rings. The molecule has 0 rings (SSSR count). The summed E-state index contributed by atoms with van der Waals surface area (Å²) >= 11 is 2.85. The van der Waals surface area contributed by atoms with Crippen LogP contribution >= 0.6 is 23.5 Å². The molecule has 4 amide bonds. The van der Waals surface area contributed by atoms with Crippen LogP contribution in [0.4, 0.5) is 0 Å². The maximum Gasteiger partial charge on any atom is 0.239 e. The van der Waals surface area contributed by atoms with Crippen molar-refractivity contribution in [1.29, 1.82) is 0 Å². The topological polar surface area (TPSA) is 126 Å². The largest absolute Gasteiger partial charge is 0.380 e. The molecule has 0 fully saturated rings. The predicted molar refractivity (Wildman–Crippen MR) is 99.6 cm³/mol. The van der Waals surface area contributed by atoms with Crippen LogP contribution in [0.2, 0.25) is 0 Å². The smallest absolute Gasteiger partial charge is 0.239 e. The molecule has 0 bridgehead atoms. The van der Waals surface area contributed by atoms with Crippen molar-refractivity contribution in [2.45, 2.75) is 0 Å². The van der Waals surface area contributed by atoms with E-state index in [0.717, 1.165) is 0 Å². The molecule has 0 saturated heterocycles. The van der Waals surface area contributed by atoms with Gasteiger partial charge in [-0.25, -0.2) is 0 Å². The molecule has 0 atom stereocenters. The highest BCUT2D eigenvalue weighted by molar-refractivity contribution is 8.00. The summed E-state index contributed by atoms with van der Waals surface area (Å²) in [5.74, 6) is 1.05. The summed E-state index contributed by atoms with van der Waals surface area (Å²) in [7, 11) is 3.02. The van der Waals surface area contributed by atoms with Gasteiger partial charge in [-0.2, -0.15) is 0 Å². The summed E-state index contributed by atoms with van der Waals surface area (Å²) in [5, 5.41) is 9.84. The van der Waals surface area contributed by atoms with Crippen molar-refractivity contribution >= 4 is 47.2 Å². The minimum absolute atomic E-state index is 0.0136. The molecule has 0 unspecified atom stereocenters. The standard InChI is InChI=1S/C14H26N4O5S2/c1-15-11(19)7-17-13(21)9-24-5-3-23-4-6-25-10-14(22)18-8-12(20)16-2/h3-10H2,1-2H3,(H,15,19)(H,16,20)(H,17,21)(H,18,22). The van der Waals surface area contributed by atoms with Crippen molar-refractivity contribution in [3.05, 3.63) is 0 Å². The van der Waals surface area contributed by atoms with Crippen molar-refractivity contribution in [3.8, 4) is 0 Å². The molecule has 0 saturated carbocycles. The van der Waals surface area contributed by atoms with Crippen molar-refractivity contribution in [1.82, 2.24) is 21.3 Å². The lowest BCUT2D eigenvalue weighted by atomic mass is 10.5. The third kappa shape index (κ3) is 15.8. The second kappa shape index (κ2) is 16.0. The van der Waals surface area contributed by atoms with E-state index in [1.165, 1.54) is 37.6 Å². The average molecular weight is 395 g/mol. The summed E-state index contributed by atoms with van der Waals surface area (Å²) < 4.78 is 5.40. The minimum Gasteiger partial charge on any atom is -0.380 e. The Morgan fingerprint density at radius 3 is 1.48 bits per heavy atom. The minimum atomic E-state index is -0.235. The van der Waals surface area contributed by atoms with E-state index in [-0.39, 0.29) is 48.2 Å². The summed E-state index contributed by atoms with van der Waals surface area (Å²) in [5.41, 5.74) is 0. The van der Waals surface area contributed by atoms with Gasteiger partial charge >= 0.3 is 0 Å². The Morgan fingerprint density at radius 2 is 1.12 bits per heavy atom. The first-order valence-corrected chi connectivity index (χ1v) is 9.98. The Bertz CT molecular complexity index is 399. The highest BCUT2D eigenvalue weighted by atomic mass is 32.2. The number of hydrogen-bond donors (Lipinski definition) is 4. The predicted octanol–water partition coefficient (Wildman–Crippen LogP) is -1.81. The first kappa shape index (κ1) is 23.5. The zero-order valence-corrected chi connectivity index (χ0v) is 16.1. The Morgan fingerprint density at radius 1 is 0.720 bits per heavy atom. The molecule has 144 valence electrons. The molecular formula is C14H26N4O5S2. The van der Waals surface area contributed by atoms with Crippen LogP contribution in [0.15, 0.2) is 0 Å². The van der Waals surface area contributed by atoms with Crippen LogP contribution in [0.5, 0.6) is 0 Å². The van der Waals surface area contributed by atoms with E-state index >= 15 is 0 Å². The molecule has 25 heavy (non-hydrogen) atoms. The molecule has 11 heteroatoms. The summed E-state index contributed by atoms with van der Waals surface area (Å²) in [6.45, 7) is 0.994. The molecule has 0 aliphatic carbocycles. The van der Waals surface area contributed by atoms with Crippen molar-refractivity contribution < 1.29 is 23.9 Å². The number of hydrogen-bond acceptors (Lipinski definition) is 7. The van der Waals surface area contributed by atoms with E-state index < -0.39 is 0 Å². The van der Waals surface area contributed by atoms with E-state index in [9.17, 15) is 19.2 Å². The molecule has 0 aromatic heterocycles. The summed E-state index contributed by atoms with van der Waals surface area (Å²) in [6, 6.07) is 0. The quantitative estimate of drug-likeness (QED) is 0.256. The number of rotatable bonds is 14. The molecule has 0 aromatic carbocycles. The number of ether oxygens (including phenoxy) is 1. The first-order chi connectivity index (χ1) is 12.0. The van der Waals surface area contributed by atoms with Gasteiger partial charge in [0, 0.05) is 25.6 Å².